The number of anilines is 1. The van der Waals surface area contributed by atoms with Crippen LogP contribution in [0.2, 0.25) is 10.0 Å². The summed E-state index contributed by atoms with van der Waals surface area (Å²) in [6.07, 6.45) is 3.10. The van der Waals surface area contributed by atoms with Gasteiger partial charge in [0.05, 0.1) is 21.9 Å². The fourth-order valence-corrected chi connectivity index (χ4v) is 2.33. The van der Waals surface area contributed by atoms with Crippen molar-refractivity contribution in [3.05, 3.63) is 58.5 Å². The summed E-state index contributed by atoms with van der Waals surface area (Å²) < 4.78 is 1.57. The van der Waals surface area contributed by atoms with Crippen LogP contribution in [-0.4, -0.2) is 20.4 Å². The lowest BCUT2D eigenvalue weighted by molar-refractivity contribution is 0.102. The van der Waals surface area contributed by atoms with Crippen LogP contribution in [0.4, 0.5) is 5.69 Å². The number of fused-ring (bicyclic) bond motifs is 1. The van der Waals surface area contributed by atoms with Crippen molar-refractivity contribution >= 4 is 40.4 Å². The first-order valence-corrected chi connectivity index (χ1v) is 6.74. The Balaban J connectivity index is 1.98. The molecule has 0 aliphatic carbocycles. The van der Waals surface area contributed by atoms with Crippen LogP contribution in [0.1, 0.15) is 10.5 Å². The lowest BCUT2D eigenvalue weighted by Gasteiger charge is -2.08. The molecule has 2 heterocycles. The number of nitrogens with one attached hydrogen (secondary N) is 1. The van der Waals surface area contributed by atoms with Crippen LogP contribution in [0.5, 0.6) is 5.75 Å². The molecule has 0 saturated heterocycles. The van der Waals surface area contributed by atoms with Crippen molar-refractivity contribution in [2.45, 2.75) is 0 Å². The Morgan fingerprint density at radius 3 is 2.76 bits per heavy atom. The molecule has 0 aliphatic heterocycles. The van der Waals surface area contributed by atoms with Crippen LogP contribution in [0.15, 0.2) is 42.7 Å². The molecule has 0 fully saturated rings. The normalized spacial score (nSPS) is 10.8. The Hall–Kier alpha value is -2.24. The molecule has 3 rings (SSSR count). The van der Waals surface area contributed by atoms with Gasteiger partial charge in [0.2, 0.25) is 0 Å². The Bertz CT molecular complexity index is 845. The number of carbonyl (C=O) groups is 1. The zero-order chi connectivity index (χ0) is 15.0. The molecule has 0 radical (unpaired) electrons. The molecule has 0 atom stereocenters. The maximum Gasteiger partial charge on any atom is 0.274 e. The molecule has 0 bridgehead atoms. The van der Waals surface area contributed by atoms with Crippen LogP contribution in [0.3, 0.4) is 0 Å². The van der Waals surface area contributed by atoms with Gasteiger partial charge in [-0.25, -0.2) is 4.98 Å². The number of aromatic hydroxyl groups is 1. The second kappa shape index (κ2) is 5.27. The van der Waals surface area contributed by atoms with Crippen molar-refractivity contribution in [3.63, 3.8) is 0 Å². The molecule has 2 aromatic heterocycles. The number of phenols is 1. The monoisotopic (exact) mass is 321 g/mol. The Labute approximate surface area is 129 Å². The maximum atomic E-state index is 12.3. The zero-order valence-corrected chi connectivity index (χ0v) is 12.1. The third-order valence-corrected chi connectivity index (χ3v) is 3.56. The molecule has 1 amide bonds. The minimum Gasteiger partial charge on any atom is -0.504 e. The van der Waals surface area contributed by atoms with E-state index in [9.17, 15) is 9.90 Å². The van der Waals surface area contributed by atoms with Gasteiger partial charge in [-0.05, 0) is 24.3 Å². The molecule has 106 valence electrons. The molecule has 1 aromatic carbocycles. The van der Waals surface area contributed by atoms with E-state index in [2.05, 4.69) is 10.3 Å². The van der Waals surface area contributed by atoms with Gasteiger partial charge >= 0.3 is 0 Å². The van der Waals surface area contributed by atoms with Gasteiger partial charge < -0.3 is 10.4 Å². The van der Waals surface area contributed by atoms with E-state index >= 15 is 0 Å². The predicted molar refractivity (Wildman–Crippen MR) is 81.3 cm³/mol. The number of para-hydroxylation sites is 1. The van der Waals surface area contributed by atoms with Crippen LogP contribution in [0, 0.1) is 0 Å². The first-order chi connectivity index (χ1) is 10.1. The summed E-state index contributed by atoms with van der Waals surface area (Å²) in [6, 6.07) is 8.11. The minimum atomic E-state index is -0.428. The summed E-state index contributed by atoms with van der Waals surface area (Å²) in [5.41, 5.74) is 1.01. The average molecular weight is 322 g/mol. The number of aromatic nitrogens is 2. The number of hydrogen-bond acceptors (Lipinski definition) is 3. The van der Waals surface area contributed by atoms with E-state index in [1.165, 1.54) is 12.3 Å². The molecule has 5 nitrogen and oxygen atoms in total. The Kier molecular flexibility index (Phi) is 3.45. The largest absolute Gasteiger partial charge is 0.504 e. The summed E-state index contributed by atoms with van der Waals surface area (Å²) in [5, 5.41) is 13.0. The highest BCUT2D eigenvalue weighted by Crippen LogP contribution is 2.31. The van der Waals surface area contributed by atoms with Crippen molar-refractivity contribution < 1.29 is 9.90 Å². The summed E-state index contributed by atoms with van der Waals surface area (Å²) in [7, 11) is 0. The highest BCUT2D eigenvalue weighted by Gasteiger charge is 2.15. The van der Waals surface area contributed by atoms with E-state index in [1.54, 1.807) is 34.9 Å². The van der Waals surface area contributed by atoms with Crippen molar-refractivity contribution in [1.82, 2.24) is 9.38 Å². The summed E-state index contributed by atoms with van der Waals surface area (Å²) in [5.74, 6) is -0.610. The van der Waals surface area contributed by atoms with Crippen LogP contribution in [-0.2, 0) is 0 Å². The number of halogens is 2. The number of benzene rings is 1. The molecule has 7 heteroatoms. The number of imidazole rings is 1. The lowest BCUT2D eigenvalue weighted by atomic mass is 10.3. The van der Waals surface area contributed by atoms with Crippen molar-refractivity contribution in [3.8, 4) is 5.75 Å². The molecule has 21 heavy (non-hydrogen) atoms. The zero-order valence-electron chi connectivity index (χ0n) is 10.5. The van der Waals surface area contributed by atoms with Gasteiger partial charge in [-0.15, -0.1) is 0 Å². The van der Waals surface area contributed by atoms with Crippen LogP contribution in [0.25, 0.3) is 5.65 Å². The quantitative estimate of drug-likeness (QED) is 0.709. The first-order valence-electron chi connectivity index (χ1n) is 5.98. The highest BCUT2D eigenvalue weighted by molar-refractivity contribution is 6.33. The third kappa shape index (κ3) is 2.41. The van der Waals surface area contributed by atoms with E-state index in [1.807, 2.05) is 0 Å². The van der Waals surface area contributed by atoms with Gasteiger partial charge in [-0.3, -0.25) is 9.20 Å². The van der Waals surface area contributed by atoms with Gasteiger partial charge in [0.1, 0.15) is 5.69 Å². The topological polar surface area (TPSA) is 66.6 Å². The molecule has 2 N–H and O–H groups in total. The second-order valence-corrected chi connectivity index (χ2v) is 5.10. The fraction of sp³-hybridized carbons (Fsp3) is 0. The second-order valence-electron chi connectivity index (χ2n) is 4.28. The van der Waals surface area contributed by atoms with Crippen LogP contribution >= 0.6 is 23.2 Å². The number of nitrogens with zero attached hydrogens (tertiary/aromatic N) is 2. The standard InChI is InChI=1S/C14H9Cl2N3O2/c15-8-3-1-5-10(12(8)20)18-14(21)11-7-17-13-9(16)4-2-6-19(11)13/h1-7,20H,(H,18,21). The minimum absolute atomic E-state index is 0.161. The molecule has 0 aliphatic rings. The first kappa shape index (κ1) is 13.7. The predicted octanol–water partition coefficient (Wildman–Crippen LogP) is 3.60. The maximum absolute atomic E-state index is 12.3. The number of hydrogen-bond donors (Lipinski definition) is 2. The van der Waals surface area contributed by atoms with E-state index in [0.717, 1.165) is 0 Å². The van der Waals surface area contributed by atoms with Gasteiger partial charge in [-0.2, -0.15) is 0 Å². The molecule has 3 aromatic rings. The van der Waals surface area contributed by atoms with E-state index < -0.39 is 5.91 Å². The fourth-order valence-electron chi connectivity index (χ4n) is 1.95. The molecule has 0 unspecified atom stereocenters. The van der Waals surface area contributed by atoms with E-state index in [-0.39, 0.29) is 16.5 Å². The number of pyridine rings is 1. The average Bonchev–Trinajstić information content (AvgIpc) is 2.89. The highest BCUT2D eigenvalue weighted by atomic mass is 35.5. The van der Waals surface area contributed by atoms with Crippen molar-refractivity contribution in [1.29, 1.82) is 0 Å². The van der Waals surface area contributed by atoms with Gasteiger partial charge in [0, 0.05) is 6.20 Å². The summed E-state index contributed by atoms with van der Waals surface area (Å²) in [4.78, 5) is 16.4. The summed E-state index contributed by atoms with van der Waals surface area (Å²) >= 11 is 11.8. The number of carbonyl (C=O) groups excluding carboxylic acids is 1. The molecule has 0 saturated carbocycles. The summed E-state index contributed by atoms with van der Waals surface area (Å²) in [6.45, 7) is 0. The lowest BCUT2D eigenvalue weighted by Crippen LogP contribution is -2.14. The van der Waals surface area contributed by atoms with Gasteiger partial charge in [0.25, 0.3) is 5.91 Å². The van der Waals surface area contributed by atoms with E-state index in [4.69, 9.17) is 23.2 Å². The third-order valence-electron chi connectivity index (χ3n) is 2.96. The number of phenolic OH excluding ortho intramolecular Hbond substituents is 1. The van der Waals surface area contributed by atoms with Crippen molar-refractivity contribution in [2.75, 3.05) is 5.32 Å². The van der Waals surface area contributed by atoms with Crippen LogP contribution < -0.4 is 5.32 Å². The SMILES string of the molecule is O=C(Nc1cccc(Cl)c1O)c1cnc2c(Cl)cccn12. The smallest absolute Gasteiger partial charge is 0.274 e. The Morgan fingerprint density at radius 1 is 1.19 bits per heavy atom. The van der Waals surface area contributed by atoms with Gasteiger partial charge in [0.15, 0.2) is 11.4 Å². The van der Waals surface area contributed by atoms with Crippen molar-refractivity contribution in [2.24, 2.45) is 0 Å². The number of amides is 1. The Morgan fingerprint density at radius 2 is 1.95 bits per heavy atom. The number of rotatable bonds is 2. The molecular weight excluding hydrogens is 313 g/mol. The molecular formula is C14H9Cl2N3O2. The van der Waals surface area contributed by atoms with Gasteiger partial charge in [-0.1, -0.05) is 29.3 Å². The molecule has 0 spiro atoms. The van der Waals surface area contributed by atoms with E-state index in [0.29, 0.717) is 16.4 Å².